The number of amides is 1. The van der Waals surface area contributed by atoms with Crippen LogP contribution in [0.1, 0.15) is 24.3 Å². The molecular formula is C21H21N5O2. The predicted molar refractivity (Wildman–Crippen MR) is 104 cm³/mol. The van der Waals surface area contributed by atoms with Gasteiger partial charge in [-0.2, -0.15) is 4.98 Å². The van der Waals surface area contributed by atoms with E-state index in [-0.39, 0.29) is 5.91 Å². The molecule has 7 nitrogen and oxygen atoms in total. The van der Waals surface area contributed by atoms with Crippen molar-refractivity contribution in [2.24, 2.45) is 5.92 Å². The summed E-state index contributed by atoms with van der Waals surface area (Å²) < 4.78 is 5.38. The van der Waals surface area contributed by atoms with Gasteiger partial charge in [-0.25, -0.2) is 4.98 Å². The molecule has 1 aliphatic rings. The summed E-state index contributed by atoms with van der Waals surface area (Å²) >= 11 is 0. The first-order chi connectivity index (χ1) is 13.8. The summed E-state index contributed by atoms with van der Waals surface area (Å²) in [4.78, 5) is 27.1. The average Bonchev–Trinajstić information content (AvgIpc) is 3.22. The van der Waals surface area contributed by atoms with E-state index >= 15 is 0 Å². The summed E-state index contributed by atoms with van der Waals surface area (Å²) in [5.74, 6) is 1.36. The van der Waals surface area contributed by atoms with Crippen molar-refractivity contribution in [3.05, 3.63) is 66.5 Å². The highest BCUT2D eigenvalue weighted by atomic mass is 16.5. The van der Waals surface area contributed by atoms with E-state index in [0.29, 0.717) is 36.3 Å². The van der Waals surface area contributed by atoms with Gasteiger partial charge in [0, 0.05) is 38.0 Å². The zero-order valence-corrected chi connectivity index (χ0v) is 15.4. The quantitative estimate of drug-likeness (QED) is 0.637. The molecule has 0 radical (unpaired) electrons. The molecule has 0 N–H and O–H groups in total. The van der Waals surface area contributed by atoms with Crippen molar-refractivity contribution in [1.82, 2.24) is 25.0 Å². The molecule has 0 spiro atoms. The number of nitrogens with zero attached hydrogens (tertiary/aromatic N) is 5. The van der Waals surface area contributed by atoms with Gasteiger partial charge in [0.15, 0.2) is 0 Å². The second kappa shape index (κ2) is 8.56. The Morgan fingerprint density at radius 1 is 1.25 bits per heavy atom. The summed E-state index contributed by atoms with van der Waals surface area (Å²) in [6.45, 7) is 1.48. The highest BCUT2D eigenvalue weighted by molar-refractivity contribution is 5.91. The lowest BCUT2D eigenvalue weighted by Gasteiger charge is -2.31. The molecule has 1 unspecified atom stereocenters. The van der Waals surface area contributed by atoms with E-state index in [1.54, 1.807) is 24.7 Å². The maximum absolute atomic E-state index is 12.5. The number of carbonyl (C=O) groups is 1. The lowest BCUT2D eigenvalue weighted by atomic mass is 9.94. The van der Waals surface area contributed by atoms with Gasteiger partial charge in [0.1, 0.15) is 5.69 Å². The molecule has 4 rings (SSSR count). The molecule has 1 aromatic carbocycles. The Hall–Kier alpha value is -3.35. The van der Waals surface area contributed by atoms with Crippen LogP contribution in [0.5, 0.6) is 0 Å². The van der Waals surface area contributed by atoms with Gasteiger partial charge in [0.2, 0.25) is 17.6 Å². The van der Waals surface area contributed by atoms with Crippen molar-refractivity contribution >= 4 is 12.0 Å². The van der Waals surface area contributed by atoms with E-state index in [4.69, 9.17) is 4.52 Å². The highest BCUT2D eigenvalue weighted by Gasteiger charge is 2.24. The normalized spacial score (nSPS) is 17.1. The van der Waals surface area contributed by atoms with E-state index in [9.17, 15) is 4.79 Å². The van der Waals surface area contributed by atoms with Crippen LogP contribution in [0, 0.1) is 5.92 Å². The van der Waals surface area contributed by atoms with Gasteiger partial charge in [-0.05, 0) is 30.4 Å². The Morgan fingerprint density at radius 3 is 2.96 bits per heavy atom. The lowest BCUT2D eigenvalue weighted by Crippen LogP contribution is -2.39. The Balaban J connectivity index is 1.36. The molecule has 1 amide bonds. The standard InChI is InChI=1S/C21H21N5O2/c27-20(9-8-16-5-2-1-3-6-16)26-12-4-7-17(15-26)13-19-24-21(25-28-19)18-14-22-10-11-23-18/h1-3,5-6,8-11,14,17H,4,7,12-13,15H2. The second-order valence-corrected chi connectivity index (χ2v) is 6.84. The molecule has 28 heavy (non-hydrogen) atoms. The molecule has 1 saturated heterocycles. The maximum atomic E-state index is 12.5. The summed E-state index contributed by atoms with van der Waals surface area (Å²) in [6.07, 6.45) is 11.0. The van der Waals surface area contributed by atoms with E-state index in [1.165, 1.54) is 0 Å². The molecule has 1 aliphatic heterocycles. The smallest absolute Gasteiger partial charge is 0.246 e. The summed E-state index contributed by atoms with van der Waals surface area (Å²) in [6, 6.07) is 9.84. The van der Waals surface area contributed by atoms with Crippen molar-refractivity contribution in [2.75, 3.05) is 13.1 Å². The molecule has 2 aromatic heterocycles. The van der Waals surface area contributed by atoms with E-state index < -0.39 is 0 Å². The SMILES string of the molecule is O=C(C=Cc1ccccc1)N1CCCC(Cc2nc(-c3cnccn3)no2)C1. The zero-order chi connectivity index (χ0) is 19.2. The number of aromatic nitrogens is 4. The van der Waals surface area contributed by atoms with Crippen LogP contribution in [0.2, 0.25) is 0 Å². The minimum absolute atomic E-state index is 0.0410. The van der Waals surface area contributed by atoms with E-state index in [2.05, 4.69) is 20.1 Å². The van der Waals surface area contributed by atoms with Gasteiger partial charge >= 0.3 is 0 Å². The van der Waals surface area contributed by atoms with Crippen LogP contribution in [0.4, 0.5) is 0 Å². The molecule has 0 saturated carbocycles. The fraction of sp³-hybridized carbons (Fsp3) is 0.286. The van der Waals surface area contributed by atoms with Crippen LogP contribution in [0.25, 0.3) is 17.6 Å². The molecule has 3 heterocycles. The second-order valence-electron chi connectivity index (χ2n) is 6.84. The Morgan fingerprint density at radius 2 is 2.14 bits per heavy atom. The Labute approximate surface area is 163 Å². The first kappa shape index (κ1) is 18.0. The molecule has 7 heteroatoms. The van der Waals surface area contributed by atoms with Crippen molar-refractivity contribution in [2.45, 2.75) is 19.3 Å². The van der Waals surface area contributed by atoms with Gasteiger partial charge < -0.3 is 9.42 Å². The first-order valence-corrected chi connectivity index (χ1v) is 9.39. The first-order valence-electron chi connectivity index (χ1n) is 9.39. The minimum Gasteiger partial charge on any atom is -0.339 e. The molecule has 0 bridgehead atoms. The molecule has 0 aliphatic carbocycles. The number of carbonyl (C=O) groups excluding carboxylic acids is 1. The average molecular weight is 375 g/mol. The van der Waals surface area contributed by atoms with Crippen LogP contribution in [-0.4, -0.2) is 44.0 Å². The minimum atomic E-state index is 0.0410. The zero-order valence-electron chi connectivity index (χ0n) is 15.4. The molecule has 142 valence electrons. The van der Waals surface area contributed by atoms with Gasteiger partial charge in [0.25, 0.3) is 0 Å². The third-order valence-electron chi connectivity index (χ3n) is 4.77. The fourth-order valence-electron chi connectivity index (χ4n) is 3.37. The van der Waals surface area contributed by atoms with Crippen molar-refractivity contribution < 1.29 is 9.32 Å². The van der Waals surface area contributed by atoms with E-state index in [1.807, 2.05) is 41.3 Å². The van der Waals surface area contributed by atoms with Crippen LogP contribution < -0.4 is 0 Å². The number of likely N-dealkylation sites (tertiary alicyclic amines) is 1. The van der Waals surface area contributed by atoms with Gasteiger partial charge in [-0.1, -0.05) is 35.5 Å². The summed E-state index contributed by atoms with van der Waals surface area (Å²) in [7, 11) is 0. The molecule has 3 aromatic rings. The topological polar surface area (TPSA) is 85.0 Å². The van der Waals surface area contributed by atoms with Gasteiger partial charge in [-0.15, -0.1) is 0 Å². The lowest BCUT2D eigenvalue weighted by molar-refractivity contribution is -0.127. The van der Waals surface area contributed by atoms with E-state index in [0.717, 1.165) is 24.9 Å². The summed E-state index contributed by atoms with van der Waals surface area (Å²) in [5, 5.41) is 3.99. The maximum Gasteiger partial charge on any atom is 0.246 e. The third-order valence-corrected chi connectivity index (χ3v) is 4.77. The summed E-state index contributed by atoms with van der Waals surface area (Å²) in [5.41, 5.74) is 1.61. The molecular weight excluding hydrogens is 354 g/mol. The number of hydrogen-bond donors (Lipinski definition) is 0. The van der Waals surface area contributed by atoms with Gasteiger partial charge in [-0.3, -0.25) is 9.78 Å². The largest absolute Gasteiger partial charge is 0.339 e. The van der Waals surface area contributed by atoms with Crippen LogP contribution in [-0.2, 0) is 11.2 Å². The van der Waals surface area contributed by atoms with Crippen molar-refractivity contribution in [3.63, 3.8) is 0 Å². The third kappa shape index (κ3) is 4.49. The number of benzene rings is 1. The number of rotatable bonds is 5. The monoisotopic (exact) mass is 375 g/mol. The molecule has 1 atom stereocenters. The van der Waals surface area contributed by atoms with Crippen LogP contribution >= 0.6 is 0 Å². The number of hydrogen-bond acceptors (Lipinski definition) is 6. The molecule has 1 fully saturated rings. The van der Waals surface area contributed by atoms with Crippen LogP contribution in [0.15, 0.2) is 59.5 Å². The highest BCUT2D eigenvalue weighted by Crippen LogP contribution is 2.22. The predicted octanol–water partition coefficient (Wildman–Crippen LogP) is 3.02. The van der Waals surface area contributed by atoms with Crippen molar-refractivity contribution in [1.29, 1.82) is 0 Å². The fourth-order valence-corrected chi connectivity index (χ4v) is 3.37. The Bertz CT molecular complexity index is 940. The van der Waals surface area contributed by atoms with Crippen LogP contribution in [0.3, 0.4) is 0 Å². The van der Waals surface area contributed by atoms with Crippen molar-refractivity contribution in [3.8, 4) is 11.5 Å². The Kier molecular flexibility index (Phi) is 5.51. The van der Waals surface area contributed by atoms with Gasteiger partial charge in [0.05, 0.1) is 6.20 Å². The number of piperidine rings is 1.